The predicted molar refractivity (Wildman–Crippen MR) is 76.1 cm³/mol. The zero-order chi connectivity index (χ0) is 14.1. The number of rotatable bonds is 3. The minimum Gasteiger partial charge on any atom is -0.491 e. The maximum absolute atomic E-state index is 10.7. The first-order valence-electron chi connectivity index (χ1n) is 6.38. The van der Waals surface area contributed by atoms with E-state index in [4.69, 9.17) is 4.74 Å². The van der Waals surface area contributed by atoms with Crippen LogP contribution < -0.4 is 10.1 Å². The van der Waals surface area contributed by atoms with Gasteiger partial charge in [0.2, 0.25) is 0 Å². The lowest BCUT2D eigenvalue weighted by Crippen LogP contribution is -2.12. The van der Waals surface area contributed by atoms with Crippen molar-refractivity contribution in [2.24, 2.45) is 0 Å². The van der Waals surface area contributed by atoms with Gasteiger partial charge in [0.1, 0.15) is 12.4 Å². The molecular formula is C15H14N2O3. The van der Waals surface area contributed by atoms with Crippen molar-refractivity contribution in [2.75, 3.05) is 11.9 Å². The van der Waals surface area contributed by atoms with Gasteiger partial charge >= 0.3 is 0 Å². The number of ether oxygens (including phenoxy) is 1. The Morgan fingerprint density at radius 1 is 1.30 bits per heavy atom. The van der Waals surface area contributed by atoms with Crippen LogP contribution in [0.1, 0.15) is 17.2 Å². The third kappa shape index (κ3) is 2.18. The van der Waals surface area contributed by atoms with E-state index in [1.165, 1.54) is 6.07 Å². The number of fused-ring (bicyclic) bond motifs is 1. The van der Waals surface area contributed by atoms with E-state index in [9.17, 15) is 10.1 Å². The number of benzene rings is 2. The molecule has 0 fully saturated rings. The van der Waals surface area contributed by atoms with Crippen LogP contribution >= 0.6 is 0 Å². The second-order valence-corrected chi connectivity index (χ2v) is 4.80. The van der Waals surface area contributed by atoms with E-state index in [-0.39, 0.29) is 16.7 Å². The fourth-order valence-corrected chi connectivity index (χ4v) is 2.39. The molecule has 1 N–H and O–H groups in total. The van der Waals surface area contributed by atoms with Gasteiger partial charge in [0.05, 0.1) is 11.0 Å². The van der Waals surface area contributed by atoms with E-state index in [2.05, 4.69) is 5.32 Å². The first-order chi connectivity index (χ1) is 9.65. The monoisotopic (exact) mass is 270 g/mol. The summed E-state index contributed by atoms with van der Waals surface area (Å²) in [5.74, 6) is 0.893. The number of nitrogens with zero attached hydrogens (tertiary/aromatic N) is 1. The molecule has 2 aromatic carbocycles. The van der Waals surface area contributed by atoms with Gasteiger partial charge in [0, 0.05) is 23.4 Å². The van der Waals surface area contributed by atoms with Crippen molar-refractivity contribution in [1.82, 2.24) is 0 Å². The lowest BCUT2D eigenvalue weighted by Gasteiger charge is -2.15. The number of hydrogen-bond acceptors (Lipinski definition) is 4. The summed E-state index contributed by atoms with van der Waals surface area (Å²) >= 11 is 0. The van der Waals surface area contributed by atoms with Crippen molar-refractivity contribution >= 4 is 11.4 Å². The molecule has 5 heteroatoms. The average molecular weight is 270 g/mol. The second kappa shape index (κ2) is 4.85. The molecule has 0 saturated heterocycles. The number of anilines is 1. The molecular weight excluding hydrogens is 256 g/mol. The predicted octanol–water partition coefficient (Wildman–Crippen LogP) is 3.45. The highest BCUT2D eigenvalue weighted by atomic mass is 16.6. The molecule has 1 heterocycles. The number of nitro benzene ring substituents is 1. The zero-order valence-electron chi connectivity index (χ0n) is 11.0. The van der Waals surface area contributed by atoms with Crippen molar-refractivity contribution < 1.29 is 9.66 Å². The van der Waals surface area contributed by atoms with Crippen molar-refractivity contribution in [3.05, 3.63) is 63.7 Å². The first-order valence-corrected chi connectivity index (χ1v) is 6.38. The molecule has 0 amide bonds. The van der Waals surface area contributed by atoms with Crippen LogP contribution in [0.4, 0.5) is 11.4 Å². The third-order valence-corrected chi connectivity index (χ3v) is 3.45. The third-order valence-electron chi connectivity index (χ3n) is 3.45. The van der Waals surface area contributed by atoms with Crippen LogP contribution in [-0.2, 0) is 0 Å². The van der Waals surface area contributed by atoms with Crippen molar-refractivity contribution in [3.8, 4) is 5.75 Å². The van der Waals surface area contributed by atoms with Gasteiger partial charge in [-0.1, -0.05) is 18.2 Å². The van der Waals surface area contributed by atoms with E-state index in [1.807, 2.05) is 31.2 Å². The number of nitro groups is 1. The summed E-state index contributed by atoms with van der Waals surface area (Å²) in [6.45, 7) is 2.42. The van der Waals surface area contributed by atoms with Crippen LogP contribution in [0.25, 0.3) is 0 Å². The molecule has 0 aromatic heterocycles. The molecule has 20 heavy (non-hydrogen) atoms. The van der Waals surface area contributed by atoms with Gasteiger partial charge < -0.3 is 10.1 Å². The Bertz CT molecular complexity index is 670. The molecule has 1 aliphatic heterocycles. The molecule has 0 radical (unpaired) electrons. The molecule has 102 valence electrons. The minimum absolute atomic E-state index is 0.0753. The standard InChI is InChI=1S/C15H14N2O3/c1-10-8-11(17(18)19)6-7-13(10)16-14-9-20-15-5-3-2-4-12(14)15/h2-8,14,16H,9H2,1H3. The molecule has 0 saturated carbocycles. The quantitative estimate of drug-likeness (QED) is 0.685. The van der Waals surface area contributed by atoms with Gasteiger partial charge in [-0.05, 0) is 24.6 Å². The summed E-state index contributed by atoms with van der Waals surface area (Å²) < 4.78 is 5.61. The summed E-state index contributed by atoms with van der Waals surface area (Å²) in [6.07, 6.45) is 0. The highest BCUT2D eigenvalue weighted by molar-refractivity contribution is 5.57. The lowest BCUT2D eigenvalue weighted by atomic mass is 10.1. The normalized spacial score (nSPS) is 16.4. The van der Waals surface area contributed by atoms with Crippen LogP contribution in [0.5, 0.6) is 5.75 Å². The summed E-state index contributed by atoms with van der Waals surface area (Å²) in [7, 11) is 0. The SMILES string of the molecule is Cc1cc([N+](=O)[O-])ccc1NC1COc2ccccc21. The van der Waals surface area contributed by atoms with Gasteiger partial charge in [-0.25, -0.2) is 0 Å². The second-order valence-electron chi connectivity index (χ2n) is 4.80. The summed E-state index contributed by atoms with van der Waals surface area (Å²) in [4.78, 5) is 10.4. The van der Waals surface area contributed by atoms with Gasteiger partial charge in [-0.3, -0.25) is 10.1 Å². The van der Waals surface area contributed by atoms with E-state index in [0.29, 0.717) is 6.61 Å². The van der Waals surface area contributed by atoms with E-state index in [0.717, 1.165) is 22.6 Å². The van der Waals surface area contributed by atoms with Crippen molar-refractivity contribution in [2.45, 2.75) is 13.0 Å². The molecule has 1 aliphatic rings. The smallest absolute Gasteiger partial charge is 0.269 e. The molecule has 0 aliphatic carbocycles. The molecule has 5 nitrogen and oxygen atoms in total. The summed E-state index contributed by atoms with van der Waals surface area (Å²) in [5, 5.41) is 14.1. The van der Waals surface area contributed by atoms with Crippen LogP contribution in [-0.4, -0.2) is 11.5 Å². The van der Waals surface area contributed by atoms with E-state index in [1.54, 1.807) is 12.1 Å². The Balaban J connectivity index is 1.84. The Hall–Kier alpha value is -2.56. The highest BCUT2D eigenvalue weighted by Crippen LogP contribution is 2.35. The molecule has 1 atom stereocenters. The van der Waals surface area contributed by atoms with Crippen molar-refractivity contribution in [1.29, 1.82) is 0 Å². The van der Waals surface area contributed by atoms with E-state index < -0.39 is 0 Å². The van der Waals surface area contributed by atoms with Gasteiger partial charge in [0.15, 0.2) is 0 Å². The Morgan fingerprint density at radius 3 is 2.85 bits per heavy atom. The Labute approximate surface area is 116 Å². The fourth-order valence-electron chi connectivity index (χ4n) is 2.39. The summed E-state index contributed by atoms with van der Waals surface area (Å²) in [6, 6.07) is 12.8. The molecule has 3 rings (SSSR count). The van der Waals surface area contributed by atoms with Crippen LogP contribution in [0, 0.1) is 17.0 Å². The number of hydrogen-bond donors (Lipinski definition) is 1. The number of non-ortho nitro benzene ring substituents is 1. The number of aryl methyl sites for hydroxylation is 1. The average Bonchev–Trinajstić information content (AvgIpc) is 2.84. The Kier molecular flexibility index (Phi) is 3.02. The van der Waals surface area contributed by atoms with Crippen LogP contribution in [0.3, 0.4) is 0 Å². The van der Waals surface area contributed by atoms with Gasteiger partial charge in [-0.15, -0.1) is 0 Å². The minimum atomic E-state index is -0.384. The van der Waals surface area contributed by atoms with Crippen LogP contribution in [0.2, 0.25) is 0 Å². The van der Waals surface area contributed by atoms with Gasteiger partial charge in [-0.2, -0.15) is 0 Å². The largest absolute Gasteiger partial charge is 0.491 e. The summed E-state index contributed by atoms with van der Waals surface area (Å²) in [5.41, 5.74) is 2.96. The topological polar surface area (TPSA) is 64.4 Å². The maximum atomic E-state index is 10.7. The van der Waals surface area contributed by atoms with Crippen molar-refractivity contribution in [3.63, 3.8) is 0 Å². The maximum Gasteiger partial charge on any atom is 0.269 e. The molecule has 1 unspecified atom stereocenters. The molecule has 0 bridgehead atoms. The zero-order valence-corrected chi connectivity index (χ0v) is 11.0. The van der Waals surface area contributed by atoms with Crippen LogP contribution in [0.15, 0.2) is 42.5 Å². The number of para-hydroxylation sites is 1. The first kappa shape index (κ1) is 12.5. The highest BCUT2D eigenvalue weighted by Gasteiger charge is 2.23. The fraction of sp³-hybridized carbons (Fsp3) is 0.200. The number of nitrogens with one attached hydrogen (secondary N) is 1. The Morgan fingerprint density at radius 2 is 2.10 bits per heavy atom. The lowest BCUT2D eigenvalue weighted by molar-refractivity contribution is -0.384. The van der Waals surface area contributed by atoms with E-state index >= 15 is 0 Å². The molecule has 2 aromatic rings. The molecule has 0 spiro atoms. The van der Waals surface area contributed by atoms with Gasteiger partial charge in [0.25, 0.3) is 5.69 Å².